The number of benzene rings is 3. The molecular formula is C26H25N5O2S. The molecule has 1 aromatic heterocycles. The van der Waals surface area contributed by atoms with Crippen molar-refractivity contribution in [2.75, 3.05) is 12.9 Å². The Hall–Kier alpha value is -3.91. The molecule has 0 saturated heterocycles. The van der Waals surface area contributed by atoms with Crippen molar-refractivity contribution in [3.05, 3.63) is 90.0 Å². The minimum atomic E-state index is -0.225. The molecule has 4 aromatic rings. The summed E-state index contributed by atoms with van der Waals surface area (Å²) >= 11 is 1.31. The van der Waals surface area contributed by atoms with E-state index in [1.807, 2.05) is 97.3 Å². The Morgan fingerprint density at radius 1 is 1.00 bits per heavy atom. The van der Waals surface area contributed by atoms with E-state index in [4.69, 9.17) is 4.74 Å². The van der Waals surface area contributed by atoms with Gasteiger partial charge in [0.1, 0.15) is 5.75 Å². The topological polar surface area (TPSA) is 81.4 Å². The number of thioether (sulfide) groups is 1. The van der Waals surface area contributed by atoms with Crippen molar-refractivity contribution in [2.45, 2.75) is 19.0 Å². The first kappa shape index (κ1) is 23.3. The summed E-state index contributed by atoms with van der Waals surface area (Å²) in [5.74, 6) is 1.42. The molecule has 0 bridgehead atoms. The van der Waals surface area contributed by atoms with Crippen molar-refractivity contribution in [2.24, 2.45) is 5.10 Å². The van der Waals surface area contributed by atoms with Crippen LogP contribution in [-0.2, 0) is 4.79 Å². The van der Waals surface area contributed by atoms with E-state index in [9.17, 15) is 4.79 Å². The standard InChI is InChI=1S/C26H25N5O2S/c1-18-9-11-21(12-10-18)25-29-30-26(31(25)22-7-5-4-6-8-22)34-17-24(32)28-27-19(2)20-13-15-23(33-3)16-14-20/h4-16H,17H2,1-3H3,(H,28,32)/b27-19+. The molecule has 34 heavy (non-hydrogen) atoms. The number of carbonyl (C=O) groups is 1. The zero-order chi connectivity index (χ0) is 23.9. The summed E-state index contributed by atoms with van der Waals surface area (Å²) in [5.41, 5.74) is 7.29. The predicted octanol–water partition coefficient (Wildman–Crippen LogP) is 4.88. The highest BCUT2D eigenvalue weighted by Gasteiger charge is 2.17. The van der Waals surface area contributed by atoms with Crippen LogP contribution in [0.15, 0.2) is 89.1 Å². The maximum Gasteiger partial charge on any atom is 0.250 e. The number of nitrogens with one attached hydrogen (secondary N) is 1. The first-order valence-corrected chi connectivity index (χ1v) is 11.7. The van der Waals surface area contributed by atoms with Gasteiger partial charge in [0.15, 0.2) is 11.0 Å². The lowest BCUT2D eigenvalue weighted by atomic mass is 10.1. The van der Waals surface area contributed by atoms with Crippen molar-refractivity contribution in [1.29, 1.82) is 0 Å². The number of amides is 1. The minimum absolute atomic E-state index is 0.151. The minimum Gasteiger partial charge on any atom is -0.497 e. The average molecular weight is 472 g/mol. The second-order valence-corrected chi connectivity index (χ2v) is 8.54. The van der Waals surface area contributed by atoms with Crippen molar-refractivity contribution in [3.63, 3.8) is 0 Å². The molecule has 0 unspecified atom stereocenters. The fourth-order valence-electron chi connectivity index (χ4n) is 3.27. The van der Waals surface area contributed by atoms with Crippen LogP contribution in [0.5, 0.6) is 5.75 Å². The molecule has 1 N–H and O–H groups in total. The van der Waals surface area contributed by atoms with E-state index in [0.717, 1.165) is 28.4 Å². The molecule has 0 fully saturated rings. The SMILES string of the molecule is COc1ccc(/C(C)=N/NC(=O)CSc2nnc(-c3ccc(C)cc3)n2-c2ccccc2)cc1. The summed E-state index contributed by atoms with van der Waals surface area (Å²) in [4.78, 5) is 12.5. The fraction of sp³-hybridized carbons (Fsp3) is 0.154. The number of ether oxygens (including phenoxy) is 1. The van der Waals surface area contributed by atoms with E-state index in [1.54, 1.807) is 7.11 Å². The van der Waals surface area contributed by atoms with Crippen LogP contribution in [0.2, 0.25) is 0 Å². The van der Waals surface area contributed by atoms with Gasteiger partial charge in [0, 0.05) is 11.3 Å². The molecule has 0 aliphatic carbocycles. The highest BCUT2D eigenvalue weighted by molar-refractivity contribution is 7.99. The van der Waals surface area contributed by atoms with Gasteiger partial charge in [-0.2, -0.15) is 5.10 Å². The maximum absolute atomic E-state index is 12.5. The predicted molar refractivity (Wildman–Crippen MR) is 136 cm³/mol. The molecule has 172 valence electrons. The van der Waals surface area contributed by atoms with Crippen molar-refractivity contribution >= 4 is 23.4 Å². The van der Waals surface area contributed by atoms with Crippen LogP contribution in [0.3, 0.4) is 0 Å². The zero-order valence-corrected chi connectivity index (χ0v) is 20.0. The first-order valence-electron chi connectivity index (χ1n) is 10.7. The summed E-state index contributed by atoms with van der Waals surface area (Å²) in [6.45, 7) is 3.89. The highest BCUT2D eigenvalue weighted by atomic mass is 32.2. The summed E-state index contributed by atoms with van der Waals surface area (Å²) in [6, 6.07) is 25.5. The molecule has 0 radical (unpaired) electrons. The molecule has 7 nitrogen and oxygen atoms in total. The molecule has 8 heteroatoms. The normalized spacial score (nSPS) is 11.3. The van der Waals surface area contributed by atoms with Gasteiger partial charge in [0.05, 0.1) is 18.6 Å². The quantitative estimate of drug-likeness (QED) is 0.225. The van der Waals surface area contributed by atoms with Gasteiger partial charge in [0.25, 0.3) is 5.91 Å². The van der Waals surface area contributed by atoms with Crippen LogP contribution in [0, 0.1) is 6.92 Å². The van der Waals surface area contributed by atoms with Gasteiger partial charge in [-0.25, -0.2) is 5.43 Å². The van der Waals surface area contributed by atoms with E-state index < -0.39 is 0 Å². The molecule has 3 aromatic carbocycles. The summed E-state index contributed by atoms with van der Waals surface area (Å²) in [7, 11) is 1.62. The Morgan fingerprint density at radius 3 is 2.38 bits per heavy atom. The monoisotopic (exact) mass is 471 g/mol. The molecule has 1 amide bonds. The lowest BCUT2D eigenvalue weighted by molar-refractivity contribution is -0.118. The van der Waals surface area contributed by atoms with Gasteiger partial charge in [0.2, 0.25) is 0 Å². The zero-order valence-electron chi connectivity index (χ0n) is 19.2. The smallest absolute Gasteiger partial charge is 0.250 e. The van der Waals surface area contributed by atoms with E-state index in [1.165, 1.54) is 17.3 Å². The highest BCUT2D eigenvalue weighted by Crippen LogP contribution is 2.28. The number of nitrogens with zero attached hydrogens (tertiary/aromatic N) is 4. The van der Waals surface area contributed by atoms with Crippen LogP contribution in [0.25, 0.3) is 17.1 Å². The van der Waals surface area contributed by atoms with Gasteiger partial charge in [-0.15, -0.1) is 10.2 Å². The number of aryl methyl sites for hydroxylation is 1. The third-order valence-electron chi connectivity index (χ3n) is 5.15. The Kier molecular flexibility index (Phi) is 7.39. The number of hydrogen-bond donors (Lipinski definition) is 1. The Balaban J connectivity index is 1.49. The van der Waals surface area contributed by atoms with Gasteiger partial charge in [-0.3, -0.25) is 9.36 Å². The van der Waals surface area contributed by atoms with Crippen LogP contribution >= 0.6 is 11.8 Å². The number of carbonyl (C=O) groups excluding carboxylic acids is 1. The third-order valence-corrected chi connectivity index (χ3v) is 6.07. The van der Waals surface area contributed by atoms with E-state index in [2.05, 4.69) is 20.7 Å². The number of hydrazone groups is 1. The number of methoxy groups -OCH3 is 1. The molecule has 0 atom stereocenters. The molecule has 1 heterocycles. The van der Waals surface area contributed by atoms with Gasteiger partial charge in [-0.05, 0) is 55.8 Å². The van der Waals surface area contributed by atoms with Crippen molar-refractivity contribution < 1.29 is 9.53 Å². The fourth-order valence-corrected chi connectivity index (χ4v) is 4.01. The first-order chi connectivity index (χ1) is 16.5. The van der Waals surface area contributed by atoms with Crippen LogP contribution in [0.1, 0.15) is 18.1 Å². The summed E-state index contributed by atoms with van der Waals surface area (Å²) in [5, 5.41) is 13.6. The lowest BCUT2D eigenvalue weighted by Gasteiger charge is -2.10. The summed E-state index contributed by atoms with van der Waals surface area (Å²) in [6.07, 6.45) is 0. The third kappa shape index (κ3) is 5.52. The Bertz CT molecular complexity index is 1280. The van der Waals surface area contributed by atoms with Crippen LogP contribution in [0.4, 0.5) is 0 Å². The molecule has 0 saturated carbocycles. The molecule has 0 aliphatic heterocycles. The van der Waals surface area contributed by atoms with Gasteiger partial charge in [-0.1, -0.05) is 59.8 Å². The van der Waals surface area contributed by atoms with E-state index in [-0.39, 0.29) is 11.7 Å². The van der Waals surface area contributed by atoms with Gasteiger partial charge < -0.3 is 4.74 Å². The number of rotatable bonds is 8. The molecule has 0 aliphatic rings. The number of aromatic nitrogens is 3. The lowest BCUT2D eigenvalue weighted by Crippen LogP contribution is -2.21. The largest absolute Gasteiger partial charge is 0.497 e. The van der Waals surface area contributed by atoms with Crippen molar-refractivity contribution in [3.8, 4) is 22.8 Å². The van der Waals surface area contributed by atoms with Crippen LogP contribution in [-0.4, -0.2) is 39.2 Å². The second-order valence-electron chi connectivity index (χ2n) is 7.59. The second kappa shape index (κ2) is 10.8. The van der Waals surface area contributed by atoms with Gasteiger partial charge >= 0.3 is 0 Å². The maximum atomic E-state index is 12.5. The molecule has 4 rings (SSSR count). The van der Waals surface area contributed by atoms with Crippen LogP contribution < -0.4 is 10.2 Å². The molecule has 0 spiro atoms. The summed E-state index contributed by atoms with van der Waals surface area (Å²) < 4.78 is 7.14. The number of hydrogen-bond acceptors (Lipinski definition) is 6. The Morgan fingerprint density at radius 2 is 1.71 bits per heavy atom. The van der Waals surface area contributed by atoms with E-state index in [0.29, 0.717) is 10.9 Å². The van der Waals surface area contributed by atoms with Crippen molar-refractivity contribution in [1.82, 2.24) is 20.2 Å². The molecular weight excluding hydrogens is 446 g/mol. The van der Waals surface area contributed by atoms with E-state index >= 15 is 0 Å². The Labute approximate surface area is 202 Å². The average Bonchev–Trinajstić information content (AvgIpc) is 3.31. The number of para-hydroxylation sites is 1.